The number of rotatable bonds is 7. The minimum absolute atomic E-state index is 0.0531. The molecule has 2 aromatic carbocycles. The Morgan fingerprint density at radius 2 is 1.66 bits per heavy atom. The van der Waals surface area contributed by atoms with E-state index in [1.807, 2.05) is 0 Å². The van der Waals surface area contributed by atoms with Crippen molar-refractivity contribution in [1.82, 2.24) is 4.31 Å². The van der Waals surface area contributed by atoms with Crippen LogP contribution in [0.15, 0.2) is 46.2 Å². The summed E-state index contributed by atoms with van der Waals surface area (Å²) in [5, 5.41) is 0. The number of anilines is 1. The molecule has 9 nitrogen and oxygen atoms in total. The third-order valence-electron chi connectivity index (χ3n) is 4.99. The average Bonchev–Trinajstić information content (AvgIpc) is 2.79. The Balaban J connectivity index is 1.99. The van der Waals surface area contributed by atoms with E-state index in [0.29, 0.717) is 13.1 Å². The molecule has 0 aliphatic carbocycles. The van der Waals surface area contributed by atoms with Gasteiger partial charge in [0.1, 0.15) is 21.4 Å². The lowest BCUT2D eigenvalue weighted by Gasteiger charge is -2.26. The smallest absolute Gasteiger partial charge is 0.337 e. The van der Waals surface area contributed by atoms with Gasteiger partial charge >= 0.3 is 5.97 Å². The van der Waals surface area contributed by atoms with E-state index in [-0.39, 0.29) is 21.9 Å². The van der Waals surface area contributed by atoms with E-state index in [2.05, 4.69) is 9.46 Å². The van der Waals surface area contributed by atoms with Gasteiger partial charge < -0.3 is 9.47 Å². The first kappa shape index (κ1) is 24.0. The largest absolute Gasteiger partial charge is 0.495 e. The average molecular weight is 487 g/mol. The van der Waals surface area contributed by atoms with E-state index < -0.39 is 36.7 Å². The first-order valence-corrected chi connectivity index (χ1v) is 12.6. The summed E-state index contributed by atoms with van der Waals surface area (Å²) in [6, 6.07) is 6.52. The summed E-state index contributed by atoms with van der Waals surface area (Å²) in [5.74, 6) is -1.86. The van der Waals surface area contributed by atoms with Crippen LogP contribution in [0.3, 0.4) is 0 Å². The van der Waals surface area contributed by atoms with Gasteiger partial charge in [-0.2, -0.15) is 4.31 Å². The van der Waals surface area contributed by atoms with Crippen molar-refractivity contribution in [2.45, 2.75) is 29.1 Å². The number of halogens is 1. The standard InChI is InChI=1S/C20H23FN2O7S2/c1-29-17-9-7-15(13-19(17)32(27,28)23-10-4-3-5-11-23)22-31(25,26)18-12-14(20(24)30-2)6-8-16(18)21/h6-9,12-13,22H,3-5,10-11H2,1-2H3. The molecule has 2 aromatic rings. The molecule has 32 heavy (non-hydrogen) atoms. The third-order valence-corrected chi connectivity index (χ3v) is 8.31. The Hall–Kier alpha value is -2.70. The van der Waals surface area contributed by atoms with Crippen LogP contribution in [-0.4, -0.2) is 54.4 Å². The molecule has 174 valence electrons. The molecule has 0 radical (unpaired) electrons. The molecule has 1 heterocycles. The van der Waals surface area contributed by atoms with Crippen LogP contribution >= 0.6 is 0 Å². The molecular formula is C20H23FN2O7S2. The fraction of sp³-hybridized carbons (Fsp3) is 0.350. The quantitative estimate of drug-likeness (QED) is 0.598. The molecule has 1 saturated heterocycles. The number of ether oxygens (including phenoxy) is 2. The second-order valence-corrected chi connectivity index (χ2v) is 10.6. The molecule has 0 amide bonds. The number of benzene rings is 2. The van der Waals surface area contributed by atoms with Gasteiger partial charge in [0.05, 0.1) is 25.5 Å². The lowest BCUT2D eigenvalue weighted by Crippen LogP contribution is -2.35. The fourth-order valence-electron chi connectivity index (χ4n) is 3.35. The Morgan fingerprint density at radius 3 is 2.28 bits per heavy atom. The molecule has 3 rings (SSSR count). The highest BCUT2D eigenvalue weighted by atomic mass is 32.2. The molecule has 1 aliphatic heterocycles. The van der Waals surface area contributed by atoms with Gasteiger partial charge in [-0.1, -0.05) is 6.42 Å². The highest BCUT2D eigenvalue weighted by Gasteiger charge is 2.30. The number of methoxy groups -OCH3 is 2. The zero-order chi connectivity index (χ0) is 23.5. The van der Waals surface area contributed by atoms with Gasteiger partial charge in [-0.3, -0.25) is 4.72 Å². The van der Waals surface area contributed by atoms with Gasteiger partial charge in [-0.05, 0) is 49.2 Å². The van der Waals surface area contributed by atoms with Crippen LogP contribution in [0.25, 0.3) is 0 Å². The van der Waals surface area contributed by atoms with Crippen molar-refractivity contribution < 1.29 is 35.5 Å². The number of hydrogen-bond acceptors (Lipinski definition) is 7. The minimum Gasteiger partial charge on any atom is -0.495 e. The monoisotopic (exact) mass is 486 g/mol. The maximum atomic E-state index is 14.3. The number of carbonyl (C=O) groups excluding carboxylic acids is 1. The van der Waals surface area contributed by atoms with Crippen molar-refractivity contribution in [2.75, 3.05) is 32.0 Å². The third kappa shape index (κ3) is 4.87. The second kappa shape index (κ2) is 9.43. The lowest BCUT2D eigenvalue weighted by atomic mass is 10.2. The topological polar surface area (TPSA) is 119 Å². The van der Waals surface area contributed by atoms with Crippen LogP contribution in [0.2, 0.25) is 0 Å². The number of esters is 1. The summed E-state index contributed by atoms with van der Waals surface area (Å²) in [7, 11) is -6.02. The van der Waals surface area contributed by atoms with Gasteiger partial charge in [0.15, 0.2) is 0 Å². The molecular weight excluding hydrogens is 463 g/mol. The van der Waals surface area contributed by atoms with Crippen LogP contribution in [0.5, 0.6) is 5.75 Å². The molecule has 1 N–H and O–H groups in total. The number of carbonyl (C=O) groups is 1. The van der Waals surface area contributed by atoms with Crippen LogP contribution in [0.1, 0.15) is 29.6 Å². The highest BCUT2D eigenvalue weighted by Crippen LogP contribution is 2.32. The molecule has 0 spiro atoms. The zero-order valence-electron chi connectivity index (χ0n) is 17.5. The predicted molar refractivity (Wildman–Crippen MR) is 114 cm³/mol. The van der Waals surface area contributed by atoms with Crippen molar-refractivity contribution in [3.05, 3.63) is 47.8 Å². The molecule has 0 atom stereocenters. The van der Waals surface area contributed by atoms with E-state index >= 15 is 0 Å². The van der Waals surface area contributed by atoms with E-state index in [1.54, 1.807) is 0 Å². The van der Waals surface area contributed by atoms with Crippen molar-refractivity contribution in [1.29, 1.82) is 0 Å². The van der Waals surface area contributed by atoms with Crippen molar-refractivity contribution in [3.8, 4) is 5.75 Å². The van der Waals surface area contributed by atoms with Gasteiger partial charge in [-0.15, -0.1) is 0 Å². The summed E-state index contributed by atoms with van der Waals surface area (Å²) < 4.78 is 79.3. The predicted octanol–water partition coefficient (Wildman–Crippen LogP) is 2.60. The fourth-order valence-corrected chi connectivity index (χ4v) is 6.20. The van der Waals surface area contributed by atoms with Crippen LogP contribution in [-0.2, 0) is 24.8 Å². The molecule has 1 fully saturated rings. The van der Waals surface area contributed by atoms with Crippen molar-refractivity contribution in [2.24, 2.45) is 0 Å². The van der Waals surface area contributed by atoms with Crippen molar-refractivity contribution in [3.63, 3.8) is 0 Å². The van der Waals surface area contributed by atoms with Crippen LogP contribution in [0, 0.1) is 5.82 Å². The number of hydrogen-bond donors (Lipinski definition) is 1. The Morgan fingerprint density at radius 1 is 0.969 bits per heavy atom. The van der Waals surface area contributed by atoms with Gasteiger partial charge in [0, 0.05) is 13.1 Å². The molecule has 12 heteroatoms. The second-order valence-electron chi connectivity index (χ2n) is 7.07. The zero-order valence-corrected chi connectivity index (χ0v) is 19.1. The molecule has 0 bridgehead atoms. The van der Waals surface area contributed by atoms with E-state index in [0.717, 1.165) is 50.6 Å². The minimum atomic E-state index is -4.50. The summed E-state index contributed by atoms with van der Waals surface area (Å²) >= 11 is 0. The normalized spacial score (nSPS) is 15.2. The molecule has 0 unspecified atom stereocenters. The summed E-state index contributed by atoms with van der Waals surface area (Å²) in [6.07, 6.45) is 2.38. The Bertz CT molecular complexity index is 1220. The number of sulfonamides is 2. The van der Waals surface area contributed by atoms with E-state index in [4.69, 9.17) is 4.74 Å². The lowest BCUT2D eigenvalue weighted by molar-refractivity contribution is 0.0600. The first-order chi connectivity index (χ1) is 15.1. The SMILES string of the molecule is COC(=O)c1ccc(F)c(S(=O)(=O)Nc2ccc(OC)c(S(=O)(=O)N3CCCCC3)c2)c1. The van der Waals surface area contributed by atoms with Crippen LogP contribution < -0.4 is 9.46 Å². The van der Waals surface area contributed by atoms with Crippen molar-refractivity contribution >= 4 is 31.7 Å². The number of nitrogens with zero attached hydrogens (tertiary/aromatic N) is 1. The number of piperidine rings is 1. The first-order valence-electron chi connectivity index (χ1n) is 9.69. The summed E-state index contributed by atoms with van der Waals surface area (Å²) in [5.41, 5.74) is -0.262. The van der Waals surface area contributed by atoms with Gasteiger partial charge in [0.25, 0.3) is 10.0 Å². The Kier molecular flexibility index (Phi) is 7.06. The molecule has 1 aliphatic rings. The highest BCUT2D eigenvalue weighted by molar-refractivity contribution is 7.92. The molecule has 0 aromatic heterocycles. The maximum Gasteiger partial charge on any atom is 0.337 e. The molecule has 0 saturated carbocycles. The summed E-state index contributed by atoms with van der Waals surface area (Å²) in [4.78, 5) is 10.7. The van der Waals surface area contributed by atoms with Crippen LogP contribution in [0.4, 0.5) is 10.1 Å². The number of nitrogens with one attached hydrogen (secondary N) is 1. The van der Waals surface area contributed by atoms with Gasteiger partial charge in [-0.25, -0.2) is 26.0 Å². The Labute approximate surface area is 186 Å². The summed E-state index contributed by atoms with van der Waals surface area (Å²) in [6.45, 7) is 0.708. The van der Waals surface area contributed by atoms with E-state index in [9.17, 15) is 26.0 Å². The van der Waals surface area contributed by atoms with Gasteiger partial charge in [0.2, 0.25) is 10.0 Å². The van der Waals surface area contributed by atoms with E-state index in [1.165, 1.54) is 23.5 Å². The maximum absolute atomic E-state index is 14.3.